The SMILES string of the molecule is CC(C)C.CC(C)C.CC(C)C.Cc1cncs1.c1ncsn1.c1nncs1. The Hall–Kier alpha value is -1.25. The van der Waals surface area contributed by atoms with Gasteiger partial charge in [0.25, 0.3) is 0 Å². The van der Waals surface area contributed by atoms with Crippen molar-refractivity contribution in [1.82, 2.24) is 24.5 Å². The van der Waals surface area contributed by atoms with Crippen LogP contribution in [0.25, 0.3) is 0 Å². The second kappa shape index (κ2) is 25.8. The lowest BCUT2D eigenvalue weighted by Crippen LogP contribution is -1.66. The summed E-state index contributed by atoms with van der Waals surface area (Å²) in [7, 11) is 0. The number of hydrogen-bond acceptors (Lipinski definition) is 8. The van der Waals surface area contributed by atoms with E-state index >= 15 is 0 Å². The maximum atomic E-state index is 3.84. The van der Waals surface area contributed by atoms with Gasteiger partial charge in [-0.25, -0.2) is 4.98 Å². The smallest absolute Gasteiger partial charge is 0.129 e. The van der Waals surface area contributed by atoms with E-state index in [1.54, 1.807) is 27.9 Å². The molecule has 28 heavy (non-hydrogen) atoms. The molecule has 5 nitrogen and oxygen atoms in total. The molecule has 0 atom stereocenters. The Balaban J connectivity index is -0.000000271. The largest absolute Gasteiger partial charge is 0.253 e. The highest BCUT2D eigenvalue weighted by molar-refractivity contribution is 7.09. The van der Waals surface area contributed by atoms with Crippen LogP contribution in [0.3, 0.4) is 0 Å². The van der Waals surface area contributed by atoms with Gasteiger partial charge in [0.2, 0.25) is 0 Å². The van der Waals surface area contributed by atoms with Crippen LogP contribution in [0.1, 0.15) is 67.2 Å². The highest BCUT2D eigenvalue weighted by Gasteiger charge is 1.76. The van der Waals surface area contributed by atoms with Gasteiger partial charge in [0.1, 0.15) is 22.9 Å². The zero-order chi connectivity index (χ0) is 22.2. The van der Waals surface area contributed by atoms with Gasteiger partial charge in [0.15, 0.2) is 0 Å². The molecule has 0 unspecified atom stereocenters. The average Bonchev–Trinajstić information content (AvgIpc) is 3.33. The lowest BCUT2D eigenvalue weighted by molar-refractivity contribution is 0.736. The van der Waals surface area contributed by atoms with Crippen LogP contribution in [0.15, 0.2) is 34.6 Å². The minimum atomic E-state index is 0.833. The molecular formula is C20H39N5S3. The van der Waals surface area contributed by atoms with Crippen molar-refractivity contribution in [3.8, 4) is 0 Å². The highest BCUT2D eigenvalue weighted by atomic mass is 32.1. The van der Waals surface area contributed by atoms with Crippen molar-refractivity contribution in [2.24, 2.45) is 17.8 Å². The topological polar surface area (TPSA) is 64.5 Å². The van der Waals surface area contributed by atoms with Crippen molar-refractivity contribution in [1.29, 1.82) is 0 Å². The van der Waals surface area contributed by atoms with Crippen LogP contribution >= 0.6 is 34.2 Å². The molecule has 0 N–H and O–H groups in total. The Morgan fingerprint density at radius 2 is 1.14 bits per heavy atom. The van der Waals surface area contributed by atoms with Gasteiger partial charge in [0.05, 0.1) is 5.51 Å². The van der Waals surface area contributed by atoms with Crippen LogP contribution < -0.4 is 0 Å². The van der Waals surface area contributed by atoms with Gasteiger partial charge in [-0.2, -0.15) is 4.37 Å². The first kappa shape index (κ1) is 31.4. The maximum Gasteiger partial charge on any atom is 0.129 e. The molecule has 3 aromatic heterocycles. The predicted octanol–water partition coefficient (Wildman–Crippen LogP) is 7.51. The molecule has 8 heteroatoms. The zero-order valence-corrected chi connectivity index (χ0v) is 21.6. The predicted molar refractivity (Wildman–Crippen MR) is 128 cm³/mol. The Labute approximate surface area is 184 Å². The van der Waals surface area contributed by atoms with Gasteiger partial charge in [0, 0.05) is 11.1 Å². The van der Waals surface area contributed by atoms with Crippen molar-refractivity contribution < 1.29 is 0 Å². The van der Waals surface area contributed by atoms with E-state index in [2.05, 4.69) is 86.9 Å². The maximum absolute atomic E-state index is 3.84. The number of rotatable bonds is 0. The van der Waals surface area contributed by atoms with Crippen LogP contribution in [-0.2, 0) is 0 Å². The molecule has 0 spiro atoms. The van der Waals surface area contributed by atoms with Gasteiger partial charge in [-0.3, -0.25) is 4.98 Å². The number of thiazole rings is 1. The van der Waals surface area contributed by atoms with Crippen molar-refractivity contribution in [3.63, 3.8) is 0 Å². The fraction of sp³-hybridized carbons (Fsp3) is 0.650. The first-order valence-corrected chi connectivity index (χ1v) is 12.0. The summed E-state index contributed by atoms with van der Waals surface area (Å²) >= 11 is 4.51. The van der Waals surface area contributed by atoms with Gasteiger partial charge in [-0.15, -0.1) is 32.9 Å². The molecule has 0 amide bonds. The summed E-state index contributed by atoms with van der Waals surface area (Å²) in [4.78, 5) is 8.74. The van der Waals surface area contributed by atoms with E-state index < -0.39 is 0 Å². The summed E-state index contributed by atoms with van der Waals surface area (Å²) in [5.74, 6) is 2.50. The molecule has 0 radical (unpaired) electrons. The van der Waals surface area contributed by atoms with Crippen molar-refractivity contribution in [3.05, 3.63) is 39.4 Å². The van der Waals surface area contributed by atoms with Crippen LogP contribution in [0.5, 0.6) is 0 Å². The summed E-state index contributed by atoms with van der Waals surface area (Å²) in [6.45, 7) is 21.5. The molecule has 0 aliphatic heterocycles. The fourth-order valence-electron chi connectivity index (χ4n) is 0.552. The number of hydrogen-bond donors (Lipinski definition) is 0. The first-order valence-electron chi connectivity index (χ1n) is 9.32. The van der Waals surface area contributed by atoms with Crippen LogP contribution in [0, 0.1) is 24.7 Å². The van der Waals surface area contributed by atoms with E-state index in [9.17, 15) is 0 Å². The van der Waals surface area contributed by atoms with E-state index in [4.69, 9.17) is 0 Å². The van der Waals surface area contributed by atoms with Gasteiger partial charge in [-0.05, 0) is 36.2 Å². The minimum Gasteiger partial charge on any atom is -0.253 e. The van der Waals surface area contributed by atoms with Crippen LogP contribution in [0.2, 0.25) is 0 Å². The molecule has 0 aliphatic rings. The molecule has 0 aliphatic carbocycles. The van der Waals surface area contributed by atoms with E-state index in [1.165, 1.54) is 34.1 Å². The Bertz CT molecular complexity index is 453. The molecule has 3 rings (SSSR count). The molecule has 0 fully saturated rings. The quantitative estimate of drug-likeness (QED) is 0.358. The highest BCUT2D eigenvalue weighted by Crippen LogP contribution is 1.99. The summed E-state index contributed by atoms with van der Waals surface area (Å²) in [5, 5.41) is 6.98. The number of nitrogens with zero attached hydrogens (tertiary/aromatic N) is 5. The van der Waals surface area contributed by atoms with E-state index in [0.29, 0.717) is 0 Å². The average molecular weight is 446 g/mol. The molecule has 0 bridgehead atoms. The summed E-state index contributed by atoms with van der Waals surface area (Å²) < 4.78 is 3.65. The standard InChI is InChI=1S/C4H5NS.3C4H10.2C2H2N2S/c1-4-2-5-3-6-4;3*1-4(2)3;1-3-4-2-5-1;1-3-2-5-4-1/h2-3H,1H3;3*4H,1-3H3;2*1-2H. The molecule has 162 valence electrons. The summed E-state index contributed by atoms with van der Waals surface area (Å²) in [6, 6.07) is 0. The van der Waals surface area contributed by atoms with Crippen molar-refractivity contribution in [2.75, 3.05) is 0 Å². The summed E-state index contributed by atoms with van der Waals surface area (Å²) in [6.07, 6.45) is 3.37. The molecule has 0 saturated heterocycles. The van der Waals surface area contributed by atoms with Crippen molar-refractivity contribution >= 4 is 34.2 Å². The molecule has 3 aromatic rings. The van der Waals surface area contributed by atoms with Crippen LogP contribution in [0.4, 0.5) is 0 Å². The zero-order valence-electron chi connectivity index (χ0n) is 19.2. The van der Waals surface area contributed by atoms with Crippen LogP contribution in [-0.4, -0.2) is 24.5 Å². The van der Waals surface area contributed by atoms with E-state index in [-0.39, 0.29) is 0 Å². The second-order valence-corrected chi connectivity index (χ2v) is 9.88. The van der Waals surface area contributed by atoms with Gasteiger partial charge in [-0.1, -0.05) is 62.3 Å². The Morgan fingerprint density at radius 3 is 1.25 bits per heavy atom. The normalized spacial score (nSPS) is 8.61. The second-order valence-electron chi connectivity index (χ2n) is 7.47. The van der Waals surface area contributed by atoms with Gasteiger partial charge >= 0.3 is 0 Å². The molecule has 0 saturated carbocycles. The Kier molecular flexibility index (Phi) is 28.9. The van der Waals surface area contributed by atoms with Gasteiger partial charge < -0.3 is 0 Å². The fourth-order valence-corrected chi connectivity index (χ4v) is 1.51. The van der Waals surface area contributed by atoms with E-state index in [1.807, 2.05) is 18.6 Å². The molecular weight excluding hydrogens is 406 g/mol. The number of aromatic nitrogens is 5. The third-order valence-corrected chi connectivity index (χ3v) is 2.69. The minimum absolute atomic E-state index is 0.833. The van der Waals surface area contributed by atoms with Crippen molar-refractivity contribution in [2.45, 2.75) is 69.2 Å². The molecule has 0 aromatic carbocycles. The first-order chi connectivity index (χ1) is 13.1. The summed E-state index contributed by atoms with van der Waals surface area (Å²) in [5.41, 5.74) is 6.87. The molecule has 3 heterocycles. The third kappa shape index (κ3) is 56.3. The van der Waals surface area contributed by atoms with E-state index in [0.717, 1.165) is 17.8 Å². The Morgan fingerprint density at radius 1 is 0.679 bits per heavy atom. The third-order valence-electron chi connectivity index (χ3n) is 1.12. The lowest BCUT2D eigenvalue weighted by atomic mass is 10.3. The monoisotopic (exact) mass is 445 g/mol. The number of aryl methyl sites for hydroxylation is 1. The lowest BCUT2D eigenvalue weighted by Gasteiger charge is -1.79.